The summed E-state index contributed by atoms with van der Waals surface area (Å²) in [6.07, 6.45) is -7.53. The average Bonchev–Trinajstić information content (AvgIpc) is 2.36. The molecule has 0 aromatic rings. The molecular formula is C6F13N3OS. The van der Waals surface area contributed by atoms with Gasteiger partial charge in [0.2, 0.25) is 0 Å². The van der Waals surface area contributed by atoms with Crippen LogP contribution in [0.2, 0.25) is 0 Å². The van der Waals surface area contributed by atoms with Gasteiger partial charge in [-0.15, -0.1) is 0 Å². The third kappa shape index (κ3) is 2.84. The molecule has 18 heteroatoms. The zero-order chi connectivity index (χ0) is 20.0. The standard InChI is InChI=1S/C6F13N3OS/c7-1(8,3(11,12)5(15,16)17)2(9,10)4(13,14)6(18,19)24(23)22-21-20. The van der Waals surface area contributed by atoms with Crippen molar-refractivity contribution in [3.63, 3.8) is 0 Å². The van der Waals surface area contributed by atoms with E-state index in [2.05, 4.69) is 0 Å². The van der Waals surface area contributed by atoms with Crippen molar-refractivity contribution in [3.05, 3.63) is 10.4 Å². The van der Waals surface area contributed by atoms with Crippen LogP contribution in [0.25, 0.3) is 10.4 Å². The van der Waals surface area contributed by atoms with Crippen molar-refractivity contribution in [2.75, 3.05) is 0 Å². The zero-order valence-electron chi connectivity index (χ0n) is 10.1. The second kappa shape index (κ2) is 5.82. The summed E-state index contributed by atoms with van der Waals surface area (Å²) in [6, 6.07) is 0. The van der Waals surface area contributed by atoms with Gasteiger partial charge in [-0.25, -0.2) is 4.21 Å². The summed E-state index contributed by atoms with van der Waals surface area (Å²) in [6.45, 7) is 0. The molecule has 0 aromatic heterocycles. The van der Waals surface area contributed by atoms with E-state index in [1.54, 1.807) is 0 Å². The van der Waals surface area contributed by atoms with Crippen molar-refractivity contribution < 1.29 is 61.3 Å². The van der Waals surface area contributed by atoms with Crippen molar-refractivity contribution in [2.24, 2.45) is 4.52 Å². The number of halogens is 13. The van der Waals surface area contributed by atoms with Crippen LogP contribution in [0.4, 0.5) is 57.1 Å². The second-order valence-corrected chi connectivity index (χ2v) is 4.91. The Labute approximate surface area is 123 Å². The summed E-state index contributed by atoms with van der Waals surface area (Å²) in [7, 11) is -5.04. The van der Waals surface area contributed by atoms with Crippen molar-refractivity contribution in [3.8, 4) is 0 Å². The summed E-state index contributed by atoms with van der Waals surface area (Å²) in [4.78, 5) is 1.20. The maximum absolute atomic E-state index is 12.9. The molecule has 0 radical (unpaired) electrons. The first-order valence-corrected chi connectivity index (χ1v) is 5.77. The fourth-order valence-corrected chi connectivity index (χ4v) is 1.47. The van der Waals surface area contributed by atoms with Gasteiger partial charge in [-0.3, -0.25) is 0 Å². The quantitative estimate of drug-likeness (QED) is 0.273. The van der Waals surface area contributed by atoms with E-state index in [0.29, 0.717) is 0 Å². The molecule has 0 heterocycles. The molecule has 0 aliphatic heterocycles. The molecular weight excluding hydrogens is 409 g/mol. The molecule has 0 aliphatic carbocycles. The van der Waals surface area contributed by atoms with Crippen molar-refractivity contribution in [1.82, 2.24) is 0 Å². The molecule has 0 saturated heterocycles. The molecule has 142 valence electrons. The molecule has 0 fully saturated rings. The second-order valence-electron chi connectivity index (χ2n) is 3.73. The molecule has 4 nitrogen and oxygen atoms in total. The first-order chi connectivity index (χ1) is 10.2. The van der Waals surface area contributed by atoms with Crippen molar-refractivity contribution in [2.45, 2.75) is 35.1 Å². The van der Waals surface area contributed by atoms with E-state index in [-0.39, 0.29) is 0 Å². The number of nitrogens with zero attached hydrogens (tertiary/aromatic N) is 3. The Hall–Kier alpha value is -1.45. The van der Waals surface area contributed by atoms with E-state index in [0.717, 1.165) is 0 Å². The van der Waals surface area contributed by atoms with E-state index in [9.17, 15) is 61.3 Å². The van der Waals surface area contributed by atoms with Crippen LogP contribution in [-0.2, 0) is 11.0 Å². The van der Waals surface area contributed by atoms with Gasteiger partial charge in [-0.2, -0.15) is 57.1 Å². The Morgan fingerprint density at radius 2 is 1.00 bits per heavy atom. The topological polar surface area (TPSA) is 65.8 Å². The van der Waals surface area contributed by atoms with Gasteiger partial charge in [0.25, 0.3) is 0 Å². The zero-order valence-corrected chi connectivity index (χ0v) is 10.9. The van der Waals surface area contributed by atoms with E-state index < -0.39 is 46.1 Å². The minimum Gasteiger partial charge on any atom is -0.245 e. The first kappa shape index (κ1) is 22.6. The molecule has 0 aliphatic rings. The Bertz CT molecular complexity index is 563. The van der Waals surface area contributed by atoms with E-state index in [1.807, 2.05) is 0 Å². The predicted molar refractivity (Wildman–Crippen MR) is 48.1 cm³/mol. The Kier molecular flexibility index (Phi) is 5.47. The van der Waals surface area contributed by atoms with Crippen LogP contribution in [-0.4, -0.2) is 39.3 Å². The third-order valence-electron chi connectivity index (χ3n) is 2.23. The molecule has 0 amide bonds. The summed E-state index contributed by atoms with van der Waals surface area (Å²) in [5.74, 6) is -31.8. The molecule has 0 rings (SSSR count). The van der Waals surface area contributed by atoms with Crippen LogP contribution < -0.4 is 0 Å². The fraction of sp³-hybridized carbons (Fsp3) is 1.00. The lowest BCUT2D eigenvalue weighted by atomic mass is 9.98. The summed E-state index contributed by atoms with van der Waals surface area (Å²) in [5, 5.41) is -6.92. The third-order valence-corrected chi connectivity index (χ3v) is 3.15. The maximum Gasteiger partial charge on any atom is 0.460 e. The Morgan fingerprint density at radius 3 is 1.29 bits per heavy atom. The van der Waals surface area contributed by atoms with Crippen molar-refractivity contribution >= 4 is 11.0 Å². The van der Waals surface area contributed by atoms with E-state index in [4.69, 9.17) is 5.53 Å². The smallest absolute Gasteiger partial charge is 0.245 e. The van der Waals surface area contributed by atoms with Gasteiger partial charge in [0, 0.05) is 9.43 Å². The van der Waals surface area contributed by atoms with Crippen molar-refractivity contribution in [1.29, 1.82) is 0 Å². The normalized spacial score (nSPS) is 16.5. The molecule has 0 bridgehead atoms. The van der Waals surface area contributed by atoms with Gasteiger partial charge in [0.1, 0.15) is 0 Å². The fourth-order valence-electron chi connectivity index (χ4n) is 0.949. The highest BCUT2D eigenvalue weighted by molar-refractivity contribution is 7.84. The van der Waals surface area contributed by atoms with Gasteiger partial charge < -0.3 is 0 Å². The SMILES string of the molecule is [N-]=[N+]=NS(=O)C(F)(F)C(F)(F)C(F)(F)C(F)(F)C(F)(F)C(F)(F)F. The molecule has 0 saturated carbocycles. The number of hydrogen-bond donors (Lipinski definition) is 0. The summed E-state index contributed by atoms with van der Waals surface area (Å²) < 4.78 is 174. The molecule has 0 N–H and O–H groups in total. The van der Waals surface area contributed by atoms with Crippen LogP contribution in [0.5, 0.6) is 0 Å². The minimum atomic E-state index is -8.09. The number of alkyl halides is 13. The molecule has 1 unspecified atom stereocenters. The number of hydrogen-bond acceptors (Lipinski definition) is 1. The highest BCUT2D eigenvalue weighted by Gasteiger charge is 2.91. The predicted octanol–water partition coefficient (Wildman–Crippen LogP) is 4.66. The molecule has 0 spiro atoms. The van der Waals surface area contributed by atoms with Gasteiger partial charge in [-0.05, 0) is 5.53 Å². The number of azide groups is 1. The first-order valence-electron chi connectivity index (χ1n) is 4.66. The maximum atomic E-state index is 12.9. The van der Waals surface area contributed by atoms with Gasteiger partial charge in [-0.1, -0.05) is 0 Å². The number of rotatable bonds is 6. The van der Waals surface area contributed by atoms with Gasteiger partial charge >= 0.3 is 35.1 Å². The Morgan fingerprint density at radius 1 is 0.667 bits per heavy atom. The highest BCUT2D eigenvalue weighted by atomic mass is 32.2. The monoisotopic (exact) mass is 409 g/mol. The van der Waals surface area contributed by atoms with E-state index in [1.165, 1.54) is 9.43 Å². The largest absolute Gasteiger partial charge is 0.460 e. The average molecular weight is 409 g/mol. The van der Waals surface area contributed by atoms with Gasteiger partial charge in [0.05, 0.1) is 0 Å². The van der Waals surface area contributed by atoms with Crippen LogP contribution in [0.15, 0.2) is 4.52 Å². The Balaban J connectivity index is 6.40. The van der Waals surface area contributed by atoms with Crippen LogP contribution in [0.3, 0.4) is 0 Å². The lowest BCUT2D eigenvalue weighted by Crippen LogP contribution is -2.70. The summed E-state index contributed by atoms with van der Waals surface area (Å²) >= 11 is 0. The lowest BCUT2D eigenvalue weighted by Gasteiger charge is -2.38. The van der Waals surface area contributed by atoms with Gasteiger partial charge in [0.15, 0.2) is 11.0 Å². The molecule has 0 aromatic carbocycles. The molecule has 1 atom stereocenters. The highest BCUT2D eigenvalue weighted by Crippen LogP contribution is 2.60. The van der Waals surface area contributed by atoms with Crippen LogP contribution >= 0.6 is 0 Å². The van der Waals surface area contributed by atoms with Crippen LogP contribution in [0, 0.1) is 0 Å². The molecule has 24 heavy (non-hydrogen) atoms. The lowest BCUT2D eigenvalue weighted by molar-refractivity contribution is -0.433. The summed E-state index contributed by atoms with van der Waals surface area (Å²) in [5.41, 5.74) is 7.55. The van der Waals surface area contributed by atoms with Crippen LogP contribution in [0.1, 0.15) is 0 Å². The van der Waals surface area contributed by atoms with E-state index >= 15 is 0 Å². The minimum absolute atomic E-state index is 1.20.